The third-order valence-electron chi connectivity index (χ3n) is 2.79. The molecule has 0 radical (unpaired) electrons. The molecule has 0 aliphatic rings. The Morgan fingerprint density at radius 2 is 2.11 bits per heavy atom. The first-order valence-corrected chi connectivity index (χ1v) is 6.44. The van der Waals surface area contributed by atoms with Gasteiger partial charge in [0.25, 0.3) is 0 Å². The van der Waals surface area contributed by atoms with Crippen LogP contribution in [0.1, 0.15) is 18.9 Å². The molecular formula is C12H19N7. The highest BCUT2D eigenvalue weighted by atomic mass is 15.4. The standard InChI is InChI=1S/C12H19N7/c1-3-4-10-11(13-2)15-9-16-12(10)14-5-7-19-8-6-17-18-19/h6,8-9H,3-5,7H2,1-2H3,(H2,13,14,15,16). The van der Waals surface area contributed by atoms with E-state index >= 15 is 0 Å². The summed E-state index contributed by atoms with van der Waals surface area (Å²) >= 11 is 0. The molecule has 0 atom stereocenters. The Balaban J connectivity index is 2.02. The van der Waals surface area contributed by atoms with Crippen molar-refractivity contribution in [2.24, 2.45) is 0 Å². The lowest BCUT2D eigenvalue weighted by atomic mass is 10.1. The van der Waals surface area contributed by atoms with Gasteiger partial charge in [0.2, 0.25) is 0 Å². The fraction of sp³-hybridized carbons (Fsp3) is 0.500. The maximum atomic E-state index is 4.32. The number of nitrogens with one attached hydrogen (secondary N) is 2. The normalized spacial score (nSPS) is 10.4. The van der Waals surface area contributed by atoms with Gasteiger partial charge in [-0.05, 0) is 6.42 Å². The van der Waals surface area contributed by atoms with Gasteiger partial charge in [0.15, 0.2) is 0 Å². The second kappa shape index (κ2) is 6.67. The maximum absolute atomic E-state index is 4.32. The van der Waals surface area contributed by atoms with Gasteiger partial charge in [-0.3, -0.25) is 4.68 Å². The summed E-state index contributed by atoms with van der Waals surface area (Å²) in [6.07, 6.45) is 7.09. The molecular weight excluding hydrogens is 242 g/mol. The Morgan fingerprint density at radius 1 is 1.26 bits per heavy atom. The Hall–Kier alpha value is -2.18. The largest absolute Gasteiger partial charge is 0.373 e. The van der Waals surface area contributed by atoms with Crippen LogP contribution >= 0.6 is 0 Å². The van der Waals surface area contributed by atoms with Crippen LogP contribution in [0.3, 0.4) is 0 Å². The van der Waals surface area contributed by atoms with Crippen LogP contribution in [0.25, 0.3) is 0 Å². The number of aromatic nitrogens is 5. The molecule has 0 bridgehead atoms. The minimum Gasteiger partial charge on any atom is -0.373 e. The van der Waals surface area contributed by atoms with Gasteiger partial charge < -0.3 is 10.6 Å². The first-order valence-electron chi connectivity index (χ1n) is 6.44. The summed E-state index contributed by atoms with van der Waals surface area (Å²) in [4.78, 5) is 8.56. The second-order valence-corrected chi connectivity index (χ2v) is 4.14. The number of hydrogen-bond acceptors (Lipinski definition) is 6. The summed E-state index contributed by atoms with van der Waals surface area (Å²) in [5.41, 5.74) is 1.13. The molecule has 0 aliphatic heterocycles. The van der Waals surface area contributed by atoms with Crippen molar-refractivity contribution in [2.45, 2.75) is 26.3 Å². The summed E-state index contributed by atoms with van der Waals surface area (Å²) in [7, 11) is 1.88. The predicted octanol–water partition coefficient (Wildman–Crippen LogP) is 1.17. The van der Waals surface area contributed by atoms with E-state index in [1.165, 1.54) is 0 Å². The van der Waals surface area contributed by atoms with Crippen molar-refractivity contribution in [3.05, 3.63) is 24.3 Å². The molecule has 0 unspecified atom stereocenters. The molecule has 2 N–H and O–H groups in total. The average Bonchev–Trinajstić information content (AvgIpc) is 2.94. The minimum absolute atomic E-state index is 0.750. The Labute approximate surface area is 112 Å². The van der Waals surface area contributed by atoms with Gasteiger partial charge in [-0.2, -0.15) is 0 Å². The summed E-state index contributed by atoms with van der Waals surface area (Å²) < 4.78 is 1.78. The highest BCUT2D eigenvalue weighted by Gasteiger charge is 2.09. The van der Waals surface area contributed by atoms with E-state index in [0.29, 0.717) is 0 Å². The lowest BCUT2D eigenvalue weighted by Gasteiger charge is -2.13. The van der Waals surface area contributed by atoms with Gasteiger partial charge in [-0.25, -0.2) is 9.97 Å². The Kier molecular flexibility index (Phi) is 4.66. The van der Waals surface area contributed by atoms with Crippen LogP contribution in [0.2, 0.25) is 0 Å². The van der Waals surface area contributed by atoms with E-state index < -0.39 is 0 Å². The lowest BCUT2D eigenvalue weighted by molar-refractivity contribution is 0.608. The Morgan fingerprint density at radius 3 is 2.79 bits per heavy atom. The van der Waals surface area contributed by atoms with Gasteiger partial charge in [-0.15, -0.1) is 5.10 Å². The van der Waals surface area contributed by atoms with Gasteiger partial charge in [0.1, 0.15) is 18.0 Å². The van der Waals surface area contributed by atoms with E-state index in [2.05, 4.69) is 37.8 Å². The van der Waals surface area contributed by atoms with E-state index in [1.807, 2.05) is 13.2 Å². The van der Waals surface area contributed by atoms with Crippen molar-refractivity contribution in [3.8, 4) is 0 Å². The zero-order chi connectivity index (χ0) is 13.5. The van der Waals surface area contributed by atoms with Gasteiger partial charge in [0.05, 0.1) is 12.7 Å². The molecule has 7 nitrogen and oxygen atoms in total. The second-order valence-electron chi connectivity index (χ2n) is 4.14. The predicted molar refractivity (Wildman–Crippen MR) is 74.1 cm³/mol. The van der Waals surface area contributed by atoms with E-state index in [1.54, 1.807) is 17.2 Å². The van der Waals surface area contributed by atoms with Gasteiger partial charge in [-0.1, -0.05) is 18.6 Å². The van der Waals surface area contributed by atoms with Crippen LogP contribution in [0.5, 0.6) is 0 Å². The summed E-state index contributed by atoms with van der Waals surface area (Å²) in [5, 5.41) is 14.1. The highest BCUT2D eigenvalue weighted by molar-refractivity contribution is 5.57. The lowest BCUT2D eigenvalue weighted by Crippen LogP contribution is -2.14. The molecule has 0 aromatic carbocycles. The molecule has 0 spiro atoms. The van der Waals surface area contributed by atoms with Crippen LogP contribution in [-0.2, 0) is 13.0 Å². The molecule has 0 amide bonds. The van der Waals surface area contributed by atoms with Crippen LogP contribution < -0.4 is 10.6 Å². The quantitative estimate of drug-likeness (QED) is 0.779. The van der Waals surface area contributed by atoms with Crippen molar-refractivity contribution in [1.29, 1.82) is 0 Å². The first kappa shape index (κ1) is 13.3. The molecule has 7 heteroatoms. The monoisotopic (exact) mass is 261 g/mol. The molecule has 0 saturated heterocycles. The molecule has 0 fully saturated rings. The molecule has 0 saturated carbocycles. The molecule has 2 heterocycles. The summed E-state index contributed by atoms with van der Waals surface area (Å²) in [6.45, 7) is 3.65. The van der Waals surface area contributed by atoms with Crippen molar-refractivity contribution < 1.29 is 0 Å². The third-order valence-corrected chi connectivity index (χ3v) is 2.79. The average molecular weight is 261 g/mol. The molecule has 2 aromatic rings. The highest BCUT2D eigenvalue weighted by Crippen LogP contribution is 2.20. The number of hydrogen-bond donors (Lipinski definition) is 2. The van der Waals surface area contributed by atoms with E-state index in [9.17, 15) is 0 Å². The smallest absolute Gasteiger partial charge is 0.134 e. The zero-order valence-corrected chi connectivity index (χ0v) is 11.3. The molecule has 19 heavy (non-hydrogen) atoms. The van der Waals surface area contributed by atoms with E-state index in [0.717, 1.165) is 43.1 Å². The SMILES string of the molecule is CCCc1c(NC)ncnc1NCCn1ccnn1. The maximum Gasteiger partial charge on any atom is 0.134 e. The first-order chi connectivity index (χ1) is 9.35. The third kappa shape index (κ3) is 3.40. The van der Waals surface area contributed by atoms with Crippen LogP contribution in [-0.4, -0.2) is 38.6 Å². The van der Waals surface area contributed by atoms with E-state index in [-0.39, 0.29) is 0 Å². The number of rotatable bonds is 7. The molecule has 0 aliphatic carbocycles. The van der Waals surface area contributed by atoms with Gasteiger partial charge in [0, 0.05) is 25.4 Å². The molecule has 102 valence electrons. The van der Waals surface area contributed by atoms with E-state index in [4.69, 9.17) is 0 Å². The summed E-state index contributed by atoms with van der Waals surface area (Å²) in [6, 6.07) is 0. The van der Waals surface area contributed by atoms with Gasteiger partial charge >= 0.3 is 0 Å². The van der Waals surface area contributed by atoms with Crippen LogP contribution in [0.15, 0.2) is 18.7 Å². The minimum atomic E-state index is 0.750. The Bertz CT molecular complexity index is 495. The molecule has 2 rings (SSSR count). The summed E-state index contributed by atoms with van der Waals surface area (Å²) in [5.74, 6) is 1.78. The fourth-order valence-corrected chi connectivity index (χ4v) is 1.91. The number of anilines is 2. The van der Waals surface area contributed by atoms with Crippen molar-refractivity contribution in [2.75, 3.05) is 24.2 Å². The zero-order valence-electron chi connectivity index (χ0n) is 11.3. The topological polar surface area (TPSA) is 80.5 Å². The van der Waals surface area contributed by atoms with Crippen molar-refractivity contribution >= 4 is 11.6 Å². The fourth-order valence-electron chi connectivity index (χ4n) is 1.91. The van der Waals surface area contributed by atoms with Crippen LogP contribution in [0.4, 0.5) is 11.6 Å². The molecule has 2 aromatic heterocycles. The van der Waals surface area contributed by atoms with Crippen LogP contribution in [0, 0.1) is 0 Å². The van der Waals surface area contributed by atoms with Crippen molar-refractivity contribution in [3.63, 3.8) is 0 Å². The number of nitrogens with zero attached hydrogens (tertiary/aromatic N) is 5. The van der Waals surface area contributed by atoms with Crippen molar-refractivity contribution in [1.82, 2.24) is 25.0 Å².